The van der Waals surface area contributed by atoms with E-state index in [9.17, 15) is 4.79 Å². The number of carbonyl (C=O) groups is 1. The molecule has 140 valence electrons. The second kappa shape index (κ2) is 9.44. The van der Waals surface area contributed by atoms with Gasteiger partial charge in [0.05, 0.1) is 11.2 Å². The van der Waals surface area contributed by atoms with Crippen LogP contribution in [0.25, 0.3) is 0 Å². The molecule has 27 heavy (non-hydrogen) atoms. The van der Waals surface area contributed by atoms with Crippen LogP contribution in [-0.4, -0.2) is 22.2 Å². The van der Waals surface area contributed by atoms with Crippen molar-refractivity contribution in [2.45, 2.75) is 19.6 Å². The fourth-order valence-corrected chi connectivity index (χ4v) is 2.79. The van der Waals surface area contributed by atoms with E-state index >= 15 is 0 Å². The summed E-state index contributed by atoms with van der Waals surface area (Å²) >= 11 is 11.7. The molecule has 3 aromatic rings. The number of hydrogen-bond donors (Lipinski definition) is 1. The molecule has 5 nitrogen and oxygen atoms in total. The molecular formula is C20H19Cl2N3O2. The van der Waals surface area contributed by atoms with Crippen LogP contribution in [-0.2, 0) is 13.2 Å². The van der Waals surface area contributed by atoms with Crippen molar-refractivity contribution in [2.75, 3.05) is 6.54 Å². The van der Waals surface area contributed by atoms with Crippen LogP contribution in [0.2, 0.25) is 10.0 Å². The summed E-state index contributed by atoms with van der Waals surface area (Å²) in [4.78, 5) is 12.3. The lowest BCUT2D eigenvalue weighted by Crippen LogP contribution is -2.25. The van der Waals surface area contributed by atoms with Crippen molar-refractivity contribution in [3.05, 3.63) is 82.1 Å². The van der Waals surface area contributed by atoms with Crippen molar-refractivity contribution in [2.24, 2.45) is 0 Å². The Balaban J connectivity index is 1.47. The zero-order valence-corrected chi connectivity index (χ0v) is 16.1. The largest absolute Gasteiger partial charge is 0.489 e. The molecule has 2 aromatic carbocycles. The van der Waals surface area contributed by atoms with Gasteiger partial charge in [-0.25, -0.2) is 0 Å². The van der Waals surface area contributed by atoms with Gasteiger partial charge in [0.1, 0.15) is 12.4 Å². The van der Waals surface area contributed by atoms with Crippen LogP contribution in [0.15, 0.2) is 60.9 Å². The van der Waals surface area contributed by atoms with Gasteiger partial charge in [-0.2, -0.15) is 5.10 Å². The zero-order chi connectivity index (χ0) is 19.1. The molecule has 0 unspecified atom stereocenters. The molecule has 0 aliphatic rings. The highest BCUT2D eigenvalue weighted by atomic mass is 35.5. The number of aromatic nitrogens is 2. The number of rotatable bonds is 8. The van der Waals surface area contributed by atoms with E-state index in [0.717, 1.165) is 17.7 Å². The number of ether oxygens (including phenoxy) is 1. The summed E-state index contributed by atoms with van der Waals surface area (Å²) in [5, 5.41) is 8.29. The Bertz CT molecular complexity index is 894. The number of hydrogen-bond acceptors (Lipinski definition) is 3. The molecule has 0 saturated heterocycles. The molecule has 0 spiro atoms. The van der Waals surface area contributed by atoms with Crippen LogP contribution < -0.4 is 10.1 Å². The van der Waals surface area contributed by atoms with E-state index in [4.69, 9.17) is 27.9 Å². The van der Waals surface area contributed by atoms with Crippen LogP contribution in [0, 0.1) is 0 Å². The average molecular weight is 404 g/mol. The number of halogens is 2. The summed E-state index contributed by atoms with van der Waals surface area (Å²) in [5.41, 5.74) is 1.53. The molecule has 0 atom stereocenters. The minimum absolute atomic E-state index is 0.109. The summed E-state index contributed by atoms with van der Waals surface area (Å²) in [7, 11) is 0. The van der Waals surface area contributed by atoms with Crippen molar-refractivity contribution < 1.29 is 9.53 Å². The van der Waals surface area contributed by atoms with Gasteiger partial charge in [-0.05, 0) is 48.4 Å². The SMILES string of the molecule is O=C(NCCCn1cc(Cl)cn1)c1cccc(COc2ccc(Cl)cc2)c1. The topological polar surface area (TPSA) is 56.2 Å². The number of amides is 1. The lowest BCUT2D eigenvalue weighted by atomic mass is 10.1. The van der Waals surface area contributed by atoms with Crippen LogP contribution in [0.1, 0.15) is 22.3 Å². The predicted molar refractivity (Wildman–Crippen MR) is 106 cm³/mol. The maximum Gasteiger partial charge on any atom is 0.251 e. The highest BCUT2D eigenvalue weighted by Crippen LogP contribution is 2.17. The average Bonchev–Trinajstić information content (AvgIpc) is 3.10. The van der Waals surface area contributed by atoms with Gasteiger partial charge in [0, 0.05) is 29.9 Å². The zero-order valence-electron chi connectivity index (χ0n) is 14.6. The summed E-state index contributed by atoms with van der Waals surface area (Å²) in [6.07, 6.45) is 4.12. The van der Waals surface area contributed by atoms with Crippen molar-refractivity contribution in [3.8, 4) is 5.75 Å². The molecule has 7 heteroatoms. The van der Waals surface area contributed by atoms with Gasteiger partial charge < -0.3 is 10.1 Å². The van der Waals surface area contributed by atoms with E-state index in [1.54, 1.807) is 35.3 Å². The Morgan fingerprint density at radius 2 is 1.93 bits per heavy atom. The fraction of sp³-hybridized carbons (Fsp3) is 0.200. The molecule has 3 rings (SSSR count). The smallest absolute Gasteiger partial charge is 0.251 e. The summed E-state index contributed by atoms with van der Waals surface area (Å²) in [6.45, 7) is 1.63. The first-order chi connectivity index (χ1) is 13.1. The first-order valence-corrected chi connectivity index (χ1v) is 9.29. The normalized spacial score (nSPS) is 10.6. The molecule has 1 N–H and O–H groups in total. The van der Waals surface area contributed by atoms with Gasteiger partial charge in [-0.15, -0.1) is 0 Å². The highest BCUT2D eigenvalue weighted by molar-refractivity contribution is 6.30. The third kappa shape index (κ3) is 6.01. The molecule has 1 aromatic heterocycles. The van der Waals surface area contributed by atoms with E-state index < -0.39 is 0 Å². The van der Waals surface area contributed by atoms with Crippen LogP contribution in [0.5, 0.6) is 5.75 Å². The Hall–Kier alpha value is -2.50. The van der Waals surface area contributed by atoms with Gasteiger partial charge in [0.2, 0.25) is 0 Å². The number of benzene rings is 2. The lowest BCUT2D eigenvalue weighted by molar-refractivity contribution is 0.0952. The van der Waals surface area contributed by atoms with E-state index in [-0.39, 0.29) is 5.91 Å². The van der Waals surface area contributed by atoms with Gasteiger partial charge >= 0.3 is 0 Å². The quantitative estimate of drug-likeness (QED) is 0.559. The molecule has 1 amide bonds. The van der Waals surface area contributed by atoms with Gasteiger partial charge in [-0.3, -0.25) is 9.48 Å². The highest BCUT2D eigenvalue weighted by Gasteiger charge is 2.06. The van der Waals surface area contributed by atoms with Crippen LogP contribution >= 0.6 is 23.2 Å². The van der Waals surface area contributed by atoms with Gasteiger partial charge in [0.25, 0.3) is 5.91 Å². The molecule has 0 aliphatic heterocycles. The van der Waals surface area contributed by atoms with E-state index in [2.05, 4.69) is 10.4 Å². The maximum absolute atomic E-state index is 12.3. The Labute approximate surface area is 167 Å². The molecular weight excluding hydrogens is 385 g/mol. The van der Waals surface area contributed by atoms with E-state index in [0.29, 0.717) is 35.3 Å². The van der Waals surface area contributed by atoms with Crippen molar-refractivity contribution in [1.29, 1.82) is 0 Å². The first kappa shape index (κ1) is 19.3. The van der Waals surface area contributed by atoms with Crippen molar-refractivity contribution >= 4 is 29.1 Å². The monoisotopic (exact) mass is 403 g/mol. The Morgan fingerprint density at radius 3 is 2.67 bits per heavy atom. The van der Waals surface area contributed by atoms with Gasteiger partial charge in [-0.1, -0.05) is 35.3 Å². The summed E-state index contributed by atoms with van der Waals surface area (Å²) in [5.74, 6) is 0.620. The minimum Gasteiger partial charge on any atom is -0.489 e. The minimum atomic E-state index is -0.109. The second-order valence-electron chi connectivity index (χ2n) is 5.97. The third-order valence-electron chi connectivity index (χ3n) is 3.86. The maximum atomic E-state index is 12.3. The Kier molecular flexibility index (Phi) is 6.74. The number of nitrogens with zero attached hydrogens (tertiary/aromatic N) is 2. The number of carbonyl (C=O) groups excluding carboxylic acids is 1. The summed E-state index contributed by atoms with van der Waals surface area (Å²) < 4.78 is 7.47. The fourth-order valence-electron chi connectivity index (χ4n) is 2.51. The van der Waals surface area contributed by atoms with Crippen LogP contribution in [0.3, 0.4) is 0 Å². The first-order valence-electron chi connectivity index (χ1n) is 8.53. The van der Waals surface area contributed by atoms with Crippen LogP contribution in [0.4, 0.5) is 0 Å². The third-order valence-corrected chi connectivity index (χ3v) is 4.31. The predicted octanol–water partition coefficient (Wildman–Crippen LogP) is 4.59. The molecule has 0 bridgehead atoms. The molecule has 0 radical (unpaired) electrons. The summed E-state index contributed by atoms with van der Waals surface area (Å²) in [6, 6.07) is 14.6. The van der Waals surface area contributed by atoms with E-state index in [1.165, 1.54) is 0 Å². The Morgan fingerprint density at radius 1 is 1.11 bits per heavy atom. The van der Waals surface area contributed by atoms with Crippen molar-refractivity contribution in [3.63, 3.8) is 0 Å². The van der Waals surface area contributed by atoms with Gasteiger partial charge in [0.15, 0.2) is 0 Å². The number of aryl methyl sites for hydroxylation is 1. The molecule has 0 saturated carbocycles. The molecule has 0 aliphatic carbocycles. The molecule has 1 heterocycles. The van der Waals surface area contributed by atoms with Crippen molar-refractivity contribution in [1.82, 2.24) is 15.1 Å². The standard InChI is InChI=1S/C20H19Cl2N3O2/c21-17-5-7-19(8-6-17)27-14-15-3-1-4-16(11-15)20(26)23-9-2-10-25-13-18(22)12-24-25/h1,3-8,11-13H,2,9-10,14H2,(H,23,26). The lowest BCUT2D eigenvalue weighted by Gasteiger charge is -2.09. The van der Waals surface area contributed by atoms with E-state index in [1.807, 2.05) is 30.3 Å². The number of nitrogens with one attached hydrogen (secondary N) is 1. The molecule has 0 fully saturated rings. The second-order valence-corrected chi connectivity index (χ2v) is 6.85.